The van der Waals surface area contributed by atoms with Crippen LogP contribution >= 0.6 is 0 Å². The molecule has 1 N–H and O–H groups in total. The number of likely N-dealkylation sites (tertiary alicyclic amines) is 1. The van der Waals surface area contributed by atoms with Crippen LogP contribution in [0, 0.1) is 0 Å². The van der Waals surface area contributed by atoms with Crippen molar-refractivity contribution in [3.8, 4) is 11.5 Å². The van der Waals surface area contributed by atoms with Gasteiger partial charge in [-0.2, -0.15) is 0 Å². The Hall–Kier alpha value is -3.22. The third-order valence-electron chi connectivity index (χ3n) is 4.48. The van der Waals surface area contributed by atoms with E-state index in [-0.39, 0.29) is 16.9 Å². The molecule has 142 valence electrons. The van der Waals surface area contributed by atoms with Gasteiger partial charge in [-0.05, 0) is 36.8 Å². The molecule has 0 bridgehead atoms. The largest absolute Gasteiger partial charge is 0.507 e. The van der Waals surface area contributed by atoms with Gasteiger partial charge in [-0.1, -0.05) is 6.92 Å². The molecule has 2 aromatic rings. The van der Waals surface area contributed by atoms with Crippen molar-refractivity contribution in [3.05, 3.63) is 53.5 Å². The van der Waals surface area contributed by atoms with Crippen molar-refractivity contribution < 1.29 is 28.6 Å². The van der Waals surface area contributed by atoms with Crippen LogP contribution in [-0.2, 0) is 9.59 Å². The average molecular weight is 371 g/mol. The van der Waals surface area contributed by atoms with E-state index in [0.29, 0.717) is 30.2 Å². The van der Waals surface area contributed by atoms with E-state index in [2.05, 4.69) is 0 Å². The first-order valence-corrected chi connectivity index (χ1v) is 8.57. The Morgan fingerprint density at radius 1 is 1.22 bits per heavy atom. The Kier molecular flexibility index (Phi) is 5.21. The van der Waals surface area contributed by atoms with Crippen molar-refractivity contribution in [1.29, 1.82) is 0 Å². The highest BCUT2D eigenvalue weighted by Gasteiger charge is 2.47. The Bertz CT molecular complexity index is 884. The standard InChI is InChI=1S/C20H21NO6/c1-4-9-21-17(15-6-5-10-27-15)16(19(23)20(21)24)18(22)13-11-12(25-2)7-8-14(13)26-3/h5-8,10-11,17,22H,4,9H2,1-3H3/b18-16-. The van der Waals surface area contributed by atoms with E-state index in [4.69, 9.17) is 13.9 Å². The van der Waals surface area contributed by atoms with Crippen molar-refractivity contribution >= 4 is 17.4 Å². The number of carbonyl (C=O) groups is 2. The first kappa shape index (κ1) is 18.6. The summed E-state index contributed by atoms with van der Waals surface area (Å²) in [5.74, 6) is -0.507. The van der Waals surface area contributed by atoms with Gasteiger partial charge in [0.25, 0.3) is 11.7 Å². The van der Waals surface area contributed by atoms with Crippen molar-refractivity contribution in [2.75, 3.05) is 20.8 Å². The third-order valence-corrected chi connectivity index (χ3v) is 4.48. The lowest BCUT2D eigenvalue weighted by Gasteiger charge is -2.22. The fraction of sp³-hybridized carbons (Fsp3) is 0.300. The van der Waals surface area contributed by atoms with Crippen LogP contribution in [0.5, 0.6) is 11.5 Å². The minimum absolute atomic E-state index is 0.0325. The number of ketones is 1. The van der Waals surface area contributed by atoms with Crippen LogP contribution in [0.2, 0.25) is 0 Å². The summed E-state index contributed by atoms with van der Waals surface area (Å²) in [6, 6.07) is 7.41. The Morgan fingerprint density at radius 3 is 2.59 bits per heavy atom. The van der Waals surface area contributed by atoms with E-state index in [0.717, 1.165) is 0 Å². The second-order valence-corrected chi connectivity index (χ2v) is 6.07. The minimum Gasteiger partial charge on any atom is -0.507 e. The number of Topliss-reactive ketones (excluding diaryl/α,β-unsaturated/α-hetero) is 1. The molecule has 1 amide bonds. The van der Waals surface area contributed by atoms with Gasteiger partial charge in [-0.15, -0.1) is 0 Å². The molecule has 1 saturated heterocycles. The van der Waals surface area contributed by atoms with Gasteiger partial charge in [-0.25, -0.2) is 0 Å². The number of hydrogen-bond acceptors (Lipinski definition) is 6. The molecule has 27 heavy (non-hydrogen) atoms. The van der Waals surface area contributed by atoms with Crippen LogP contribution in [-0.4, -0.2) is 42.5 Å². The predicted octanol–water partition coefficient (Wildman–Crippen LogP) is 3.13. The van der Waals surface area contributed by atoms with Crippen LogP contribution in [0.25, 0.3) is 5.76 Å². The lowest BCUT2D eigenvalue weighted by atomic mass is 9.98. The van der Waals surface area contributed by atoms with Gasteiger partial charge in [-0.3, -0.25) is 9.59 Å². The van der Waals surface area contributed by atoms with Crippen LogP contribution in [0.3, 0.4) is 0 Å². The first-order valence-electron chi connectivity index (χ1n) is 8.57. The van der Waals surface area contributed by atoms with E-state index in [9.17, 15) is 14.7 Å². The maximum absolute atomic E-state index is 12.7. The number of hydrogen-bond donors (Lipinski definition) is 1. The average Bonchev–Trinajstić information content (AvgIpc) is 3.30. The van der Waals surface area contributed by atoms with E-state index in [1.807, 2.05) is 6.92 Å². The van der Waals surface area contributed by atoms with Crippen molar-refractivity contribution in [1.82, 2.24) is 4.90 Å². The van der Waals surface area contributed by atoms with Crippen molar-refractivity contribution in [2.45, 2.75) is 19.4 Å². The van der Waals surface area contributed by atoms with Gasteiger partial charge in [0.15, 0.2) is 0 Å². The second-order valence-electron chi connectivity index (χ2n) is 6.07. The maximum atomic E-state index is 12.7. The smallest absolute Gasteiger partial charge is 0.295 e. The van der Waals surface area contributed by atoms with E-state index >= 15 is 0 Å². The number of carbonyl (C=O) groups excluding carboxylic acids is 2. The van der Waals surface area contributed by atoms with Crippen molar-refractivity contribution in [2.24, 2.45) is 0 Å². The van der Waals surface area contributed by atoms with E-state index in [1.54, 1.807) is 30.3 Å². The van der Waals surface area contributed by atoms with E-state index < -0.39 is 17.7 Å². The zero-order chi connectivity index (χ0) is 19.6. The van der Waals surface area contributed by atoms with Gasteiger partial charge >= 0.3 is 0 Å². The SMILES string of the molecule is CCCN1C(=O)C(=O)/C(=C(\O)c2cc(OC)ccc2OC)C1c1ccco1. The fourth-order valence-electron chi connectivity index (χ4n) is 3.24. The molecule has 1 unspecified atom stereocenters. The molecular formula is C20H21NO6. The quantitative estimate of drug-likeness (QED) is 0.477. The fourth-order valence-corrected chi connectivity index (χ4v) is 3.24. The highest BCUT2D eigenvalue weighted by Crippen LogP contribution is 2.41. The number of methoxy groups -OCH3 is 2. The molecular weight excluding hydrogens is 350 g/mol. The molecule has 0 aliphatic carbocycles. The van der Waals surface area contributed by atoms with Crippen LogP contribution in [0.1, 0.15) is 30.7 Å². The van der Waals surface area contributed by atoms with Gasteiger partial charge in [0, 0.05) is 6.54 Å². The van der Waals surface area contributed by atoms with Crippen molar-refractivity contribution in [3.63, 3.8) is 0 Å². The number of amides is 1. The topological polar surface area (TPSA) is 89.2 Å². The predicted molar refractivity (Wildman–Crippen MR) is 97.6 cm³/mol. The molecule has 0 spiro atoms. The monoisotopic (exact) mass is 371 g/mol. The number of furan rings is 1. The molecule has 7 heteroatoms. The van der Waals surface area contributed by atoms with Crippen LogP contribution in [0.15, 0.2) is 46.6 Å². The molecule has 1 aliphatic rings. The van der Waals surface area contributed by atoms with Gasteiger partial charge in [0.1, 0.15) is 29.1 Å². The molecule has 0 radical (unpaired) electrons. The minimum atomic E-state index is -0.796. The van der Waals surface area contributed by atoms with Gasteiger partial charge < -0.3 is 23.9 Å². The Balaban J connectivity index is 2.22. The van der Waals surface area contributed by atoms with Gasteiger partial charge in [0.05, 0.1) is 31.6 Å². The molecule has 0 saturated carbocycles. The summed E-state index contributed by atoms with van der Waals surface area (Å²) in [4.78, 5) is 26.7. The maximum Gasteiger partial charge on any atom is 0.295 e. The number of aliphatic hydroxyl groups is 1. The number of benzene rings is 1. The summed E-state index contributed by atoms with van der Waals surface area (Å²) < 4.78 is 16.0. The second kappa shape index (κ2) is 7.57. The molecule has 1 aliphatic heterocycles. The van der Waals surface area contributed by atoms with Gasteiger partial charge in [0.2, 0.25) is 0 Å². The summed E-state index contributed by atoms with van der Waals surface area (Å²) in [6.07, 6.45) is 2.13. The lowest BCUT2D eigenvalue weighted by molar-refractivity contribution is -0.140. The third kappa shape index (κ3) is 3.16. The highest BCUT2D eigenvalue weighted by molar-refractivity contribution is 6.46. The Labute approximate surface area is 156 Å². The number of rotatable bonds is 6. The number of ether oxygens (including phenoxy) is 2. The lowest BCUT2D eigenvalue weighted by Crippen LogP contribution is -2.30. The molecule has 2 heterocycles. The summed E-state index contributed by atoms with van der Waals surface area (Å²) >= 11 is 0. The summed E-state index contributed by atoms with van der Waals surface area (Å²) in [6.45, 7) is 2.27. The van der Waals surface area contributed by atoms with Crippen LogP contribution < -0.4 is 9.47 Å². The summed E-state index contributed by atoms with van der Waals surface area (Å²) in [7, 11) is 2.95. The summed E-state index contributed by atoms with van der Waals surface area (Å²) in [5.41, 5.74) is 0.234. The number of aliphatic hydroxyl groups excluding tert-OH is 1. The van der Waals surface area contributed by atoms with Crippen LogP contribution in [0.4, 0.5) is 0 Å². The molecule has 7 nitrogen and oxygen atoms in total. The summed E-state index contributed by atoms with van der Waals surface area (Å²) in [5, 5.41) is 11.0. The highest BCUT2D eigenvalue weighted by atomic mass is 16.5. The zero-order valence-corrected chi connectivity index (χ0v) is 15.4. The molecule has 3 rings (SSSR count). The number of nitrogens with zero attached hydrogens (tertiary/aromatic N) is 1. The first-order chi connectivity index (χ1) is 13.0. The Morgan fingerprint density at radius 2 is 2.00 bits per heavy atom. The molecule has 1 fully saturated rings. The molecule has 1 atom stereocenters. The molecule has 1 aromatic carbocycles. The van der Waals surface area contributed by atoms with E-state index in [1.165, 1.54) is 25.4 Å². The normalized spacial score (nSPS) is 18.8. The zero-order valence-electron chi connectivity index (χ0n) is 15.4. The molecule has 1 aromatic heterocycles.